The SMILES string of the molecule is CC(C)NCC1CN(CCCO)C1. The van der Waals surface area contributed by atoms with Gasteiger partial charge in [-0.2, -0.15) is 0 Å². The third-order valence-corrected chi connectivity index (χ3v) is 2.48. The van der Waals surface area contributed by atoms with Gasteiger partial charge in [0.05, 0.1) is 0 Å². The van der Waals surface area contributed by atoms with Gasteiger partial charge >= 0.3 is 0 Å². The van der Waals surface area contributed by atoms with Gasteiger partial charge in [-0.05, 0) is 12.3 Å². The number of likely N-dealkylation sites (tertiary alicyclic amines) is 1. The normalized spacial score (nSPS) is 19.4. The van der Waals surface area contributed by atoms with Crippen LogP contribution in [0.5, 0.6) is 0 Å². The van der Waals surface area contributed by atoms with Crippen molar-refractivity contribution in [1.82, 2.24) is 10.2 Å². The number of hydrogen-bond donors (Lipinski definition) is 2. The average molecular weight is 186 g/mol. The summed E-state index contributed by atoms with van der Waals surface area (Å²) in [6.45, 7) is 9.32. The lowest BCUT2D eigenvalue weighted by Gasteiger charge is -2.39. The van der Waals surface area contributed by atoms with Crippen LogP contribution in [0.25, 0.3) is 0 Å². The summed E-state index contributed by atoms with van der Waals surface area (Å²) in [4.78, 5) is 2.41. The maximum Gasteiger partial charge on any atom is 0.0443 e. The Morgan fingerprint density at radius 2 is 2.15 bits per heavy atom. The Bertz CT molecular complexity index is 133. The number of nitrogens with one attached hydrogen (secondary N) is 1. The molecule has 78 valence electrons. The molecule has 3 heteroatoms. The fourth-order valence-corrected chi connectivity index (χ4v) is 1.69. The van der Waals surface area contributed by atoms with E-state index in [-0.39, 0.29) is 0 Å². The lowest BCUT2D eigenvalue weighted by molar-refractivity contribution is 0.0898. The van der Waals surface area contributed by atoms with Gasteiger partial charge in [0.2, 0.25) is 0 Å². The van der Waals surface area contributed by atoms with Crippen LogP contribution in [0.3, 0.4) is 0 Å². The monoisotopic (exact) mass is 186 g/mol. The Kier molecular flexibility index (Phi) is 4.70. The molecule has 0 aromatic heterocycles. The molecule has 1 rings (SSSR count). The molecule has 1 saturated heterocycles. The Morgan fingerprint density at radius 3 is 2.69 bits per heavy atom. The van der Waals surface area contributed by atoms with Gasteiger partial charge in [-0.1, -0.05) is 13.8 Å². The molecule has 1 fully saturated rings. The summed E-state index contributed by atoms with van der Waals surface area (Å²) in [6, 6.07) is 0.603. The molecule has 0 radical (unpaired) electrons. The zero-order valence-electron chi connectivity index (χ0n) is 8.79. The lowest BCUT2D eigenvalue weighted by atomic mass is 10.00. The third kappa shape index (κ3) is 4.07. The standard InChI is InChI=1S/C10H22N2O/c1-9(2)11-6-10-7-12(8-10)4-3-5-13/h9-11,13H,3-8H2,1-2H3. The first kappa shape index (κ1) is 11.0. The highest BCUT2D eigenvalue weighted by atomic mass is 16.3. The van der Waals surface area contributed by atoms with Crippen molar-refractivity contribution in [2.24, 2.45) is 5.92 Å². The van der Waals surface area contributed by atoms with E-state index in [1.807, 2.05) is 0 Å². The predicted molar refractivity (Wildman–Crippen MR) is 54.8 cm³/mol. The third-order valence-electron chi connectivity index (χ3n) is 2.48. The number of rotatable bonds is 6. The number of aliphatic hydroxyl groups is 1. The lowest BCUT2D eigenvalue weighted by Crippen LogP contribution is -2.51. The first-order valence-corrected chi connectivity index (χ1v) is 5.29. The predicted octanol–water partition coefficient (Wildman–Crippen LogP) is 0.299. The molecule has 0 spiro atoms. The van der Waals surface area contributed by atoms with Crippen LogP contribution >= 0.6 is 0 Å². The molecule has 0 aromatic carbocycles. The highest BCUT2D eigenvalue weighted by Crippen LogP contribution is 2.14. The van der Waals surface area contributed by atoms with E-state index in [0.717, 1.165) is 25.4 Å². The fraction of sp³-hybridized carbons (Fsp3) is 1.00. The van der Waals surface area contributed by atoms with Crippen molar-refractivity contribution >= 4 is 0 Å². The zero-order valence-corrected chi connectivity index (χ0v) is 8.79. The van der Waals surface area contributed by atoms with Gasteiger partial charge < -0.3 is 15.3 Å². The van der Waals surface area contributed by atoms with E-state index in [1.54, 1.807) is 0 Å². The Balaban J connectivity index is 1.92. The Morgan fingerprint density at radius 1 is 1.46 bits per heavy atom. The molecular weight excluding hydrogens is 164 g/mol. The molecule has 3 nitrogen and oxygen atoms in total. The average Bonchev–Trinajstić information content (AvgIpc) is 2.00. The van der Waals surface area contributed by atoms with Gasteiger partial charge in [-0.3, -0.25) is 0 Å². The summed E-state index contributed by atoms with van der Waals surface area (Å²) in [7, 11) is 0. The van der Waals surface area contributed by atoms with Crippen LogP contribution in [-0.4, -0.2) is 48.8 Å². The molecule has 0 atom stereocenters. The van der Waals surface area contributed by atoms with Crippen molar-refractivity contribution in [3.63, 3.8) is 0 Å². The Hall–Kier alpha value is -0.120. The molecule has 0 amide bonds. The maximum atomic E-state index is 8.64. The Labute approximate surface area is 81.1 Å². The molecule has 13 heavy (non-hydrogen) atoms. The van der Waals surface area contributed by atoms with Gasteiger partial charge in [-0.25, -0.2) is 0 Å². The van der Waals surface area contributed by atoms with Crippen LogP contribution < -0.4 is 5.32 Å². The first-order valence-electron chi connectivity index (χ1n) is 5.29. The molecule has 1 aliphatic heterocycles. The fourth-order valence-electron chi connectivity index (χ4n) is 1.69. The van der Waals surface area contributed by atoms with Crippen molar-refractivity contribution < 1.29 is 5.11 Å². The summed E-state index contributed by atoms with van der Waals surface area (Å²) in [5, 5.41) is 12.1. The largest absolute Gasteiger partial charge is 0.396 e. The molecule has 0 bridgehead atoms. The number of hydrogen-bond acceptors (Lipinski definition) is 3. The highest BCUT2D eigenvalue weighted by molar-refractivity contribution is 4.81. The number of aliphatic hydroxyl groups excluding tert-OH is 1. The van der Waals surface area contributed by atoms with Gasteiger partial charge in [0.15, 0.2) is 0 Å². The van der Waals surface area contributed by atoms with Gasteiger partial charge in [-0.15, -0.1) is 0 Å². The second-order valence-corrected chi connectivity index (χ2v) is 4.27. The molecule has 1 aliphatic rings. The summed E-state index contributed by atoms with van der Waals surface area (Å²) >= 11 is 0. The van der Waals surface area contributed by atoms with Gasteiger partial charge in [0, 0.05) is 38.8 Å². The van der Waals surface area contributed by atoms with E-state index in [9.17, 15) is 0 Å². The van der Waals surface area contributed by atoms with E-state index in [4.69, 9.17) is 5.11 Å². The van der Waals surface area contributed by atoms with Gasteiger partial charge in [0.1, 0.15) is 0 Å². The van der Waals surface area contributed by atoms with Crippen LogP contribution in [-0.2, 0) is 0 Å². The molecule has 2 N–H and O–H groups in total. The molecular formula is C10H22N2O. The summed E-state index contributed by atoms with van der Waals surface area (Å²) in [5.41, 5.74) is 0. The van der Waals surface area contributed by atoms with E-state index in [0.29, 0.717) is 12.6 Å². The van der Waals surface area contributed by atoms with Crippen LogP contribution in [0.2, 0.25) is 0 Å². The minimum atomic E-state index is 0.325. The van der Waals surface area contributed by atoms with Crippen LogP contribution in [0.1, 0.15) is 20.3 Å². The van der Waals surface area contributed by atoms with Crippen molar-refractivity contribution in [3.05, 3.63) is 0 Å². The van der Waals surface area contributed by atoms with Crippen LogP contribution in [0, 0.1) is 5.92 Å². The van der Waals surface area contributed by atoms with Crippen molar-refractivity contribution in [2.75, 3.05) is 32.8 Å². The quantitative estimate of drug-likeness (QED) is 0.626. The second-order valence-electron chi connectivity index (χ2n) is 4.27. The summed E-state index contributed by atoms with van der Waals surface area (Å²) in [5.74, 6) is 0.834. The molecule has 0 aromatic rings. The van der Waals surface area contributed by atoms with Crippen molar-refractivity contribution in [2.45, 2.75) is 26.3 Å². The van der Waals surface area contributed by atoms with Crippen molar-refractivity contribution in [1.29, 1.82) is 0 Å². The number of nitrogens with zero attached hydrogens (tertiary/aromatic N) is 1. The first-order chi connectivity index (χ1) is 6.22. The van der Waals surface area contributed by atoms with E-state index in [2.05, 4.69) is 24.1 Å². The highest BCUT2D eigenvalue weighted by Gasteiger charge is 2.25. The summed E-state index contributed by atoms with van der Waals surface area (Å²) < 4.78 is 0. The minimum Gasteiger partial charge on any atom is -0.396 e. The van der Waals surface area contributed by atoms with Gasteiger partial charge in [0.25, 0.3) is 0 Å². The van der Waals surface area contributed by atoms with Crippen LogP contribution in [0.15, 0.2) is 0 Å². The smallest absolute Gasteiger partial charge is 0.0443 e. The zero-order chi connectivity index (χ0) is 9.68. The second kappa shape index (κ2) is 5.58. The molecule has 0 unspecified atom stereocenters. The molecule has 0 aliphatic carbocycles. The van der Waals surface area contributed by atoms with E-state index < -0.39 is 0 Å². The summed E-state index contributed by atoms with van der Waals surface area (Å²) in [6.07, 6.45) is 0.921. The maximum absolute atomic E-state index is 8.64. The molecule has 0 saturated carbocycles. The molecule has 1 heterocycles. The topological polar surface area (TPSA) is 35.5 Å². The van der Waals surface area contributed by atoms with E-state index >= 15 is 0 Å². The van der Waals surface area contributed by atoms with Crippen molar-refractivity contribution in [3.8, 4) is 0 Å². The van der Waals surface area contributed by atoms with E-state index in [1.165, 1.54) is 13.1 Å². The van der Waals surface area contributed by atoms with Crippen LogP contribution in [0.4, 0.5) is 0 Å². The minimum absolute atomic E-state index is 0.325.